The van der Waals surface area contributed by atoms with Crippen LogP contribution in [0, 0.1) is 10.1 Å². The third-order valence-corrected chi connectivity index (χ3v) is 3.59. The number of benzene rings is 2. The first-order valence-electron chi connectivity index (χ1n) is 6.32. The number of hydrogen-bond donors (Lipinski definition) is 0. The first-order chi connectivity index (χ1) is 10.5. The number of nitrogens with zero attached hydrogens (tertiary/aromatic N) is 1. The van der Waals surface area contributed by atoms with Gasteiger partial charge in [-0.25, -0.2) is 0 Å². The lowest BCUT2D eigenvalue weighted by Gasteiger charge is -2.11. The molecule has 0 bridgehead atoms. The van der Waals surface area contributed by atoms with Gasteiger partial charge in [0.05, 0.1) is 29.7 Å². The van der Waals surface area contributed by atoms with Crippen LogP contribution in [0.25, 0.3) is 0 Å². The highest BCUT2D eigenvalue weighted by molar-refractivity contribution is 9.10. The topological polar surface area (TPSA) is 70.8 Å². The Morgan fingerprint density at radius 1 is 1.05 bits per heavy atom. The number of nitro groups is 1. The van der Waals surface area contributed by atoms with Crippen LogP contribution < -0.4 is 14.2 Å². The van der Waals surface area contributed by atoms with Gasteiger partial charge in [-0.1, -0.05) is 6.07 Å². The predicted octanol–water partition coefficient (Wildman–Crippen LogP) is 3.95. The molecular weight excluding hydrogens is 354 g/mol. The van der Waals surface area contributed by atoms with E-state index in [9.17, 15) is 10.1 Å². The second-order valence-electron chi connectivity index (χ2n) is 4.35. The number of non-ortho nitro benzene ring substituents is 1. The van der Waals surface area contributed by atoms with Gasteiger partial charge in [-0.05, 0) is 39.7 Å². The Bertz CT molecular complexity index is 690. The SMILES string of the molecule is COc1ccc(COc2cc([N+](=O)[O-])ccc2OC)cc1Br. The summed E-state index contributed by atoms with van der Waals surface area (Å²) >= 11 is 3.40. The molecule has 7 heteroatoms. The Kier molecular flexibility index (Phi) is 5.21. The van der Waals surface area contributed by atoms with Gasteiger partial charge >= 0.3 is 0 Å². The van der Waals surface area contributed by atoms with Crippen LogP contribution >= 0.6 is 15.9 Å². The van der Waals surface area contributed by atoms with Crippen LogP contribution in [-0.2, 0) is 6.61 Å². The van der Waals surface area contributed by atoms with Gasteiger partial charge in [0.25, 0.3) is 5.69 Å². The van der Waals surface area contributed by atoms with Gasteiger partial charge in [-0.3, -0.25) is 10.1 Å². The minimum absolute atomic E-state index is 0.0493. The van der Waals surface area contributed by atoms with Gasteiger partial charge < -0.3 is 14.2 Å². The Labute approximate surface area is 135 Å². The number of ether oxygens (including phenoxy) is 3. The first kappa shape index (κ1) is 16.1. The van der Waals surface area contributed by atoms with Crippen LogP contribution in [0.4, 0.5) is 5.69 Å². The lowest BCUT2D eigenvalue weighted by Crippen LogP contribution is -1.99. The second-order valence-corrected chi connectivity index (χ2v) is 5.20. The Hall–Kier alpha value is -2.28. The van der Waals surface area contributed by atoms with E-state index in [1.54, 1.807) is 7.11 Å². The van der Waals surface area contributed by atoms with Crippen molar-refractivity contribution in [3.8, 4) is 17.2 Å². The largest absolute Gasteiger partial charge is 0.496 e. The molecule has 2 rings (SSSR count). The molecule has 0 amide bonds. The average Bonchev–Trinajstić information content (AvgIpc) is 2.52. The highest BCUT2D eigenvalue weighted by Gasteiger charge is 2.13. The van der Waals surface area contributed by atoms with E-state index in [0.717, 1.165) is 15.8 Å². The molecular formula is C15H14BrNO5. The summed E-state index contributed by atoms with van der Waals surface area (Å²) in [6.45, 7) is 0.250. The Morgan fingerprint density at radius 2 is 1.73 bits per heavy atom. The molecule has 2 aromatic carbocycles. The van der Waals surface area contributed by atoms with E-state index in [1.807, 2.05) is 18.2 Å². The molecule has 0 saturated carbocycles. The zero-order valence-corrected chi connectivity index (χ0v) is 13.6. The number of halogens is 1. The molecule has 0 fully saturated rings. The second kappa shape index (κ2) is 7.13. The summed E-state index contributed by atoms with van der Waals surface area (Å²) in [6, 6.07) is 9.76. The monoisotopic (exact) mass is 367 g/mol. The maximum absolute atomic E-state index is 10.8. The van der Waals surface area contributed by atoms with Crippen molar-refractivity contribution in [2.45, 2.75) is 6.61 Å². The summed E-state index contributed by atoms with van der Waals surface area (Å²) < 4.78 is 16.8. The van der Waals surface area contributed by atoms with Crippen molar-refractivity contribution in [3.05, 3.63) is 56.5 Å². The van der Waals surface area contributed by atoms with Gasteiger partial charge in [-0.15, -0.1) is 0 Å². The van der Waals surface area contributed by atoms with Crippen molar-refractivity contribution in [1.82, 2.24) is 0 Å². The zero-order chi connectivity index (χ0) is 16.1. The lowest BCUT2D eigenvalue weighted by molar-refractivity contribution is -0.385. The van der Waals surface area contributed by atoms with Gasteiger partial charge in [-0.2, -0.15) is 0 Å². The molecule has 0 saturated heterocycles. The van der Waals surface area contributed by atoms with Crippen LogP contribution in [0.1, 0.15) is 5.56 Å². The highest BCUT2D eigenvalue weighted by atomic mass is 79.9. The molecule has 0 N–H and O–H groups in total. The van der Waals surface area contributed by atoms with Gasteiger partial charge in [0.15, 0.2) is 11.5 Å². The summed E-state index contributed by atoms with van der Waals surface area (Å²) in [5, 5.41) is 10.8. The number of hydrogen-bond acceptors (Lipinski definition) is 5. The van der Waals surface area contributed by atoms with E-state index in [4.69, 9.17) is 14.2 Å². The van der Waals surface area contributed by atoms with Crippen LogP contribution in [0.2, 0.25) is 0 Å². The molecule has 2 aromatic rings. The van der Waals surface area contributed by atoms with Crippen molar-refractivity contribution in [2.75, 3.05) is 14.2 Å². The Balaban J connectivity index is 2.18. The van der Waals surface area contributed by atoms with Crippen molar-refractivity contribution < 1.29 is 19.1 Å². The predicted molar refractivity (Wildman–Crippen MR) is 84.7 cm³/mol. The summed E-state index contributed by atoms with van der Waals surface area (Å²) in [5.41, 5.74) is 0.841. The normalized spacial score (nSPS) is 10.1. The van der Waals surface area contributed by atoms with E-state index in [1.165, 1.54) is 25.3 Å². The molecule has 0 spiro atoms. The lowest BCUT2D eigenvalue weighted by atomic mass is 10.2. The summed E-state index contributed by atoms with van der Waals surface area (Å²) in [7, 11) is 3.07. The molecule has 0 aliphatic rings. The summed E-state index contributed by atoms with van der Waals surface area (Å²) in [4.78, 5) is 10.4. The van der Waals surface area contributed by atoms with Crippen LogP contribution in [-0.4, -0.2) is 19.1 Å². The zero-order valence-electron chi connectivity index (χ0n) is 12.0. The van der Waals surface area contributed by atoms with E-state index < -0.39 is 4.92 Å². The van der Waals surface area contributed by atoms with Crippen molar-refractivity contribution in [3.63, 3.8) is 0 Å². The van der Waals surface area contributed by atoms with Gasteiger partial charge in [0, 0.05) is 6.07 Å². The van der Waals surface area contributed by atoms with E-state index in [0.29, 0.717) is 11.5 Å². The standard InChI is InChI=1S/C15H14BrNO5/c1-20-13-5-3-10(7-12(13)16)9-22-15-8-11(17(18)19)4-6-14(15)21-2/h3-8H,9H2,1-2H3. The molecule has 6 nitrogen and oxygen atoms in total. The molecule has 22 heavy (non-hydrogen) atoms. The Morgan fingerprint density at radius 3 is 2.32 bits per heavy atom. The van der Waals surface area contributed by atoms with Crippen molar-refractivity contribution in [2.24, 2.45) is 0 Å². The molecule has 0 atom stereocenters. The summed E-state index contributed by atoms with van der Waals surface area (Å²) in [6.07, 6.45) is 0. The maximum atomic E-state index is 10.8. The smallest absolute Gasteiger partial charge is 0.273 e. The van der Waals surface area contributed by atoms with Crippen molar-refractivity contribution >= 4 is 21.6 Å². The maximum Gasteiger partial charge on any atom is 0.273 e. The minimum Gasteiger partial charge on any atom is -0.496 e. The number of nitro benzene ring substituents is 1. The van der Waals surface area contributed by atoms with E-state index >= 15 is 0 Å². The average molecular weight is 368 g/mol. The fourth-order valence-electron chi connectivity index (χ4n) is 1.85. The van der Waals surface area contributed by atoms with Crippen molar-refractivity contribution in [1.29, 1.82) is 0 Å². The fourth-order valence-corrected chi connectivity index (χ4v) is 2.44. The highest BCUT2D eigenvalue weighted by Crippen LogP contribution is 2.32. The third-order valence-electron chi connectivity index (χ3n) is 2.97. The van der Waals surface area contributed by atoms with Crippen LogP contribution in [0.15, 0.2) is 40.9 Å². The molecule has 0 heterocycles. The quantitative estimate of drug-likeness (QED) is 0.570. The number of rotatable bonds is 6. The molecule has 0 radical (unpaired) electrons. The third kappa shape index (κ3) is 3.67. The van der Waals surface area contributed by atoms with E-state index in [2.05, 4.69) is 15.9 Å². The molecule has 116 valence electrons. The minimum atomic E-state index is -0.476. The molecule has 0 unspecified atom stereocenters. The van der Waals surface area contributed by atoms with E-state index in [-0.39, 0.29) is 12.3 Å². The molecule has 0 aliphatic carbocycles. The van der Waals surface area contributed by atoms with Gasteiger partial charge in [0.2, 0.25) is 0 Å². The first-order valence-corrected chi connectivity index (χ1v) is 7.12. The fraction of sp³-hybridized carbons (Fsp3) is 0.200. The molecule has 0 aliphatic heterocycles. The van der Waals surface area contributed by atoms with Gasteiger partial charge in [0.1, 0.15) is 12.4 Å². The van der Waals surface area contributed by atoms with Crippen LogP contribution in [0.3, 0.4) is 0 Å². The number of methoxy groups -OCH3 is 2. The molecule has 0 aromatic heterocycles. The van der Waals surface area contributed by atoms with Crippen LogP contribution in [0.5, 0.6) is 17.2 Å². The summed E-state index contributed by atoms with van der Waals surface area (Å²) in [5.74, 6) is 1.48.